The van der Waals surface area contributed by atoms with Crippen molar-refractivity contribution in [2.45, 2.75) is 20.0 Å². The molecule has 1 fully saturated rings. The largest absolute Gasteiger partial charge is 0.494 e. The Hall–Kier alpha value is -2.10. The second kappa shape index (κ2) is 6.57. The molecule has 1 aromatic heterocycles. The smallest absolute Gasteiger partial charge is 0.271 e. The molecule has 1 aliphatic heterocycles. The number of nitrogens with zero attached hydrogens (tertiary/aromatic N) is 2. The number of nitrogens with one attached hydrogen (secondary N) is 1. The number of nitriles is 1. The average Bonchev–Trinajstić information content (AvgIpc) is 2.50. The van der Waals surface area contributed by atoms with Gasteiger partial charge in [-0.2, -0.15) is 5.26 Å². The lowest BCUT2D eigenvalue weighted by molar-refractivity contribution is -0.921. The Labute approximate surface area is 123 Å². The van der Waals surface area contributed by atoms with Crippen LogP contribution in [0, 0.1) is 18.3 Å². The second-order valence-electron chi connectivity index (χ2n) is 5.16. The molecule has 0 amide bonds. The molecule has 2 N–H and O–H groups in total. The van der Waals surface area contributed by atoms with Gasteiger partial charge in [-0.3, -0.25) is 9.36 Å². The first-order valence-electron chi connectivity index (χ1n) is 6.97. The minimum absolute atomic E-state index is 0.0598. The summed E-state index contributed by atoms with van der Waals surface area (Å²) >= 11 is 0. The molecule has 0 spiro atoms. The number of quaternary nitrogens is 1. The van der Waals surface area contributed by atoms with Crippen LogP contribution in [0.3, 0.4) is 0 Å². The number of hydrogen-bond donors (Lipinski definition) is 2. The number of hydrogen-bond acceptors (Lipinski definition) is 4. The number of morpholine rings is 1. The number of aromatic nitrogens is 1. The number of pyridine rings is 1. The Bertz CT molecular complexity index is 637. The van der Waals surface area contributed by atoms with E-state index in [0.29, 0.717) is 30.9 Å². The van der Waals surface area contributed by atoms with Gasteiger partial charge in [-0.1, -0.05) is 6.08 Å². The summed E-state index contributed by atoms with van der Waals surface area (Å²) in [5, 5.41) is 19.6. The third-order valence-electron chi connectivity index (χ3n) is 3.86. The third kappa shape index (κ3) is 2.99. The zero-order valence-electron chi connectivity index (χ0n) is 12.2. The summed E-state index contributed by atoms with van der Waals surface area (Å²) in [6.45, 7) is 9.13. The zero-order valence-corrected chi connectivity index (χ0v) is 12.2. The highest BCUT2D eigenvalue weighted by Crippen LogP contribution is 2.20. The van der Waals surface area contributed by atoms with Gasteiger partial charge >= 0.3 is 0 Å². The molecule has 2 rings (SSSR count). The highest BCUT2D eigenvalue weighted by molar-refractivity contribution is 5.45. The Morgan fingerprint density at radius 2 is 2.19 bits per heavy atom. The van der Waals surface area contributed by atoms with E-state index in [1.807, 2.05) is 6.07 Å². The van der Waals surface area contributed by atoms with E-state index in [9.17, 15) is 15.2 Å². The van der Waals surface area contributed by atoms with Gasteiger partial charge < -0.3 is 14.7 Å². The second-order valence-corrected chi connectivity index (χ2v) is 5.16. The van der Waals surface area contributed by atoms with E-state index >= 15 is 0 Å². The number of aromatic hydroxyl groups is 1. The van der Waals surface area contributed by atoms with Crippen molar-refractivity contribution in [1.29, 1.82) is 5.26 Å². The minimum atomic E-state index is -0.465. The van der Waals surface area contributed by atoms with Crippen LogP contribution in [0.1, 0.15) is 16.7 Å². The van der Waals surface area contributed by atoms with Crippen molar-refractivity contribution < 1.29 is 14.7 Å². The van der Waals surface area contributed by atoms with Gasteiger partial charge in [0, 0.05) is 6.54 Å². The van der Waals surface area contributed by atoms with Crippen molar-refractivity contribution in [3.8, 4) is 11.9 Å². The maximum absolute atomic E-state index is 12.2. The van der Waals surface area contributed by atoms with Gasteiger partial charge in [0.05, 0.1) is 18.8 Å². The predicted molar refractivity (Wildman–Crippen MR) is 77.2 cm³/mol. The van der Waals surface area contributed by atoms with E-state index < -0.39 is 5.56 Å². The maximum Gasteiger partial charge on any atom is 0.271 e. The van der Waals surface area contributed by atoms with Crippen LogP contribution in [-0.2, 0) is 17.8 Å². The SMILES string of the molecule is C=CCn1c(O)c(C[NH+]2CCOCC2)c(C)c(C#N)c1=O. The first kappa shape index (κ1) is 15.3. The topological polar surface area (TPSA) is 79.7 Å². The molecule has 1 aliphatic rings. The van der Waals surface area contributed by atoms with Gasteiger partial charge in [0.25, 0.3) is 5.56 Å². The third-order valence-corrected chi connectivity index (χ3v) is 3.86. The molecular weight excluding hydrogens is 270 g/mol. The van der Waals surface area contributed by atoms with E-state index in [2.05, 4.69) is 6.58 Å². The van der Waals surface area contributed by atoms with E-state index in [-0.39, 0.29) is 18.0 Å². The molecule has 1 saturated heterocycles. The molecule has 6 nitrogen and oxygen atoms in total. The molecule has 1 aromatic rings. The van der Waals surface area contributed by atoms with Crippen LogP contribution in [0.25, 0.3) is 0 Å². The van der Waals surface area contributed by atoms with Crippen molar-refractivity contribution in [1.82, 2.24) is 4.57 Å². The first-order chi connectivity index (χ1) is 10.1. The van der Waals surface area contributed by atoms with Crippen molar-refractivity contribution in [2.75, 3.05) is 26.3 Å². The van der Waals surface area contributed by atoms with Crippen LogP contribution in [0.5, 0.6) is 5.88 Å². The molecule has 2 heterocycles. The summed E-state index contributed by atoms with van der Waals surface area (Å²) < 4.78 is 6.52. The number of ether oxygens (including phenoxy) is 1. The summed E-state index contributed by atoms with van der Waals surface area (Å²) in [6.07, 6.45) is 1.53. The van der Waals surface area contributed by atoms with Gasteiger partial charge in [-0.05, 0) is 12.5 Å². The molecule has 0 radical (unpaired) electrons. The summed E-state index contributed by atoms with van der Waals surface area (Å²) in [7, 11) is 0. The lowest BCUT2D eigenvalue weighted by atomic mass is 10.0. The molecule has 0 atom stereocenters. The standard InChI is InChI=1S/C15H19N3O3/c1-3-4-18-14(19)12(9-16)11(2)13(15(18)20)10-17-5-7-21-8-6-17/h3,20H,1,4-8,10H2,2H3/p+1. The molecule has 0 unspecified atom stereocenters. The van der Waals surface area contributed by atoms with Gasteiger partial charge in [0.2, 0.25) is 5.88 Å². The van der Waals surface area contributed by atoms with Gasteiger partial charge in [0.15, 0.2) is 0 Å². The summed E-state index contributed by atoms with van der Waals surface area (Å²) in [4.78, 5) is 13.5. The highest BCUT2D eigenvalue weighted by Gasteiger charge is 2.23. The minimum Gasteiger partial charge on any atom is -0.494 e. The molecular formula is C15H20N3O3+. The molecule has 21 heavy (non-hydrogen) atoms. The lowest BCUT2D eigenvalue weighted by Crippen LogP contribution is -3.12. The van der Waals surface area contributed by atoms with E-state index in [4.69, 9.17) is 4.74 Å². The van der Waals surface area contributed by atoms with E-state index in [0.717, 1.165) is 13.1 Å². The molecule has 0 aromatic carbocycles. The van der Waals surface area contributed by atoms with Crippen LogP contribution in [0.2, 0.25) is 0 Å². The molecule has 112 valence electrons. The normalized spacial score (nSPS) is 15.6. The first-order valence-corrected chi connectivity index (χ1v) is 6.97. The van der Waals surface area contributed by atoms with Crippen LogP contribution in [0.4, 0.5) is 0 Å². The Balaban J connectivity index is 2.48. The fraction of sp³-hybridized carbons (Fsp3) is 0.467. The summed E-state index contributed by atoms with van der Waals surface area (Å²) in [5.74, 6) is -0.0598. The lowest BCUT2D eigenvalue weighted by Gasteiger charge is -2.25. The van der Waals surface area contributed by atoms with Gasteiger partial charge in [0.1, 0.15) is 31.3 Å². The van der Waals surface area contributed by atoms with Crippen molar-refractivity contribution in [2.24, 2.45) is 0 Å². The van der Waals surface area contributed by atoms with Crippen molar-refractivity contribution in [3.05, 3.63) is 39.7 Å². The van der Waals surface area contributed by atoms with Crippen LogP contribution < -0.4 is 10.5 Å². The van der Waals surface area contributed by atoms with Crippen molar-refractivity contribution >= 4 is 0 Å². The van der Waals surface area contributed by atoms with E-state index in [1.165, 1.54) is 15.5 Å². The number of allylic oxidation sites excluding steroid dienone is 1. The fourth-order valence-corrected chi connectivity index (χ4v) is 2.60. The fourth-order valence-electron chi connectivity index (χ4n) is 2.60. The van der Waals surface area contributed by atoms with Gasteiger partial charge in [-0.25, -0.2) is 0 Å². The molecule has 6 heteroatoms. The predicted octanol–water partition coefficient (Wildman–Crippen LogP) is -0.665. The summed E-state index contributed by atoms with van der Waals surface area (Å²) in [6, 6.07) is 1.95. The molecule has 0 aliphatic carbocycles. The monoisotopic (exact) mass is 290 g/mol. The van der Waals surface area contributed by atoms with E-state index in [1.54, 1.807) is 6.92 Å². The Kier molecular flexibility index (Phi) is 4.78. The maximum atomic E-state index is 12.2. The quantitative estimate of drug-likeness (QED) is 0.721. The molecule has 0 saturated carbocycles. The Morgan fingerprint density at radius 3 is 2.76 bits per heavy atom. The number of rotatable bonds is 4. The summed E-state index contributed by atoms with van der Waals surface area (Å²) in [5.41, 5.74) is 0.856. The van der Waals surface area contributed by atoms with Crippen molar-refractivity contribution in [3.63, 3.8) is 0 Å². The highest BCUT2D eigenvalue weighted by atomic mass is 16.5. The van der Waals surface area contributed by atoms with Crippen LogP contribution in [-0.4, -0.2) is 36.0 Å². The van der Waals surface area contributed by atoms with Crippen LogP contribution >= 0.6 is 0 Å². The average molecular weight is 290 g/mol. The van der Waals surface area contributed by atoms with Crippen LogP contribution in [0.15, 0.2) is 17.4 Å². The van der Waals surface area contributed by atoms with Gasteiger partial charge in [-0.15, -0.1) is 6.58 Å². The Morgan fingerprint density at radius 1 is 1.52 bits per heavy atom. The molecule has 0 bridgehead atoms. The zero-order chi connectivity index (χ0) is 15.4.